The van der Waals surface area contributed by atoms with Crippen molar-refractivity contribution in [3.05, 3.63) is 0 Å². The number of piperidine rings is 1. The molecule has 9 nitrogen and oxygen atoms in total. The first-order chi connectivity index (χ1) is 10.9. The number of carbonyl (C=O) groups excluding carboxylic acids is 3. The fourth-order valence-corrected chi connectivity index (χ4v) is 2.91. The summed E-state index contributed by atoms with van der Waals surface area (Å²) in [6.45, 7) is 3.23. The molecule has 2 aliphatic rings. The molecule has 0 aromatic rings. The van der Waals surface area contributed by atoms with Gasteiger partial charge >= 0.3 is 12.0 Å². The van der Waals surface area contributed by atoms with Gasteiger partial charge in [0.2, 0.25) is 5.91 Å². The van der Waals surface area contributed by atoms with Gasteiger partial charge in [0.15, 0.2) is 0 Å². The number of imide groups is 1. The summed E-state index contributed by atoms with van der Waals surface area (Å²) in [5.41, 5.74) is -1.02. The molecule has 0 aromatic carbocycles. The molecule has 0 aliphatic carbocycles. The predicted molar refractivity (Wildman–Crippen MR) is 79.6 cm³/mol. The highest BCUT2D eigenvalue weighted by atomic mass is 16.4. The monoisotopic (exact) mass is 326 g/mol. The Bertz CT molecular complexity index is 513. The third-order valence-corrected chi connectivity index (χ3v) is 4.19. The minimum atomic E-state index is -1.23. The number of likely N-dealkylation sites (tertiary alicyclic amines) is 1. The maximum atomic E-state index is 12.4. The van der Waals surface area contributed by atoms with Crippen LogP contribution in [0.25, 0.3) is 0 Å². The van der Waals surface area contributed by atoms with Gasteiger partial charge in [-0.25, -0.2) is 4.79 Å². The summed E-state index contributed by atoms with van der Waals surface area (Å²) in [4.78, 5) is 49.3. The third-order valence-electron chi connectivity index (χ3n) is 4.19. The van der Waals surface area contributed by atoms with Gasteiger partial charge in [-0.3, -0.25) is 24.2 Å². The molecule has 2 heterocycles. The van der Waals surface area contributed by atoms with Gasteiger partial charge in [0.25, 0.3) is 5.91 Å². The zero-order chi connectivity index (χ0) is 17.0. The van der Waals surface area contributed by atoms with Crippen LogP contribution in [0.4, 0.5) is 4.79 Å². The summed E-state index contributed by atoms with van der Waals surface area (Å²) in [5.74, 6) is -1.77. The Labute approximate surface area is 134 Å². The zero-order valence-electron chi connectivity index (χ0n) is 13.1. The van der Waals surface area contributed by atoms with Gasteiger partial charge in [-0.15, -0.1) is 0 Å². The summed E-state index contributed by atoms with van der Waals surface area (Å²) >= 11 is 0. The third kappa shape index (κ3) is 3.79. The lowest BCUT2D eigenvalue weighted by atomic mass is 9.87. The Morgan fingerprint density at radius 1 is 1.26 bits per heavy atom. The fourth-order valence-electron chi connectivity index (χ4n) is 2.91. The second kappa shape index (κ2) is 6.95. The van der Waals surface area contributed by atoms with E-state index in [2.05, 4.69) is 10.6 Å². The van der Waals surface area contributed by atoms with Gasteiger partial charge in [0.1, 0.15) is 12.1 Å². The van der Waals surface area contributed by atoms with E-state index < -0.39 is 30.0 Å². The molecule has 0 bridgehead atoms. The van der Waals surface area contributed by atoms with E-state index >= 15 is 0 Å². The largest absolute Gasteiger partial charge is 0.480 e. The molecule has 1 spiro atoms. The second-order valence-corrected chi connectivity index (χ2v) is 5.92. The Balaban J connectivity index is 1.90. The van der Waals surface area contributed by atoms with Gasteiger partial charge in [0, 0.05) is 19.6 Å². The minimum absolute atomic E-state index is 0.0583. The Hall–Kier alpha value is -2.16. The first-order valence-corrected chi connectivity index (χ1v) is 7.73. The fraction of sp³-hybridized carbons (Fsp3) is 0.714. The van der Waals surface area contributed by atoms with Crippen molar-refractivity contribution in [1.29, 1.82) is 0 Å². The summed E-state index contributed by atoms with van der Waals surface area (Å²) in [6, 6.07) is -0.661. The van der Waals surface area contributed by atoms with Crippen LogP contribution in [0.15, 0.2) is 0 Å². The number of rotatable bonds is 6. The highest BCUT2D eigenvalue weighted by Crippen LogP contribution is 2.29. The van der Waals surface area contributed by atoms with Crippen LogP contribution in [0.5, 0.6) is 0 Å². The highest BCUT2D eigenvalue weighted by molar-refractivity contribution is 6.08. The highest BCUT2D eigenvalue weighted by Gasteiger charge is 2.52. The molecule has 2 rings (SSSR count). The van der Waals surface area contributed by atoms with Crippen molar-refractivity contribution in [2.75, 3.05) is 32.7 Å². The molecule has 0 aromatic heterocycles. The summed E-state index contributed by atoms with van der Waals surface area (Å²) < 4.78 is 0. The number of aliphatic carboxylic acids is 1. The van der Waals surface area contributed by atoms with Crippen molar-refractivity contribution in [3.8, 4) is 0 Å². The topological polar surface area (TPSA) is 119 Å². The van der Waals surface area contributed by atoms with Crippen LogP contribution in [-0.4, -0.2) is 77.0 Å². The van der Waals surface area contributed by atoms with E-state index in [0.29, 0.717) is 32.5 Å². The molecule has 4 amide bonds. The maximum Gasteiger partial charge on any atom is 0.325 e. The van der Waals surface area contributed by atoms with Crippen LogP contribution < -0.4 is 10.6 Å². The van der Waals surface area contributed by atoms with Crippen molar-refractivity contribution >= 4 is 23.8 Å². The average molecular weight is 326 g/mol. The van der Waals surface area contributed by atoms with Crippen molar-refractivity contribution in [2.24, 2.45) is 0 Å². The number of carbonyl (C=O) groups is 4. The van der Waals surface area contributed by atoms with Crippen molar-refractivity contribution in [3.63, 3.8) is 0 Å². The van der Waals surface area contributed by atoms with Crippen molar-refractivity contribution < 1.29 is 24.3 Å². The number of hydrogen-bond acceptors (Lipinski definition) is 5. The molecular formula is C14H22N4O5. The van der Waals surface area contributed by atoms with Crippen LogP contribution in [0, 0.1) is 0 Å². The Morgan fingerprint density at radius 3 is 2.48 bits per heavy atom. The number of urea groups is 1. The lowest BCUT2D eigenvalue weighted by Gasteiger charge is -2.36. The van der Waals surface area contributed by atoms with E-state index in [1.54, 1.807) is 0 Å². The van der Waals surface area contributed by atoms with Crippen LogP contribution in [-0.2, 0) is 14.4 Å². The molecule has 128 valence electrons. The quantitative estimate of drug-likeness (QED) is 0.538. The first kappa shape index (κ1) is 17.2. The molecule has 0 saturated carbocycles. The van der Waals surface area contributed by atoms with Gasteiger partial charge in [-0.05, 0) is 19.3 Å². The lowest BCUT2D eigenvalue weighted by molar-refractivity contribution is -0.143. The number of hydrogen-bond donors (Lipinski definition) is 3. The minimum Gasteiger partial charge on any atom is -0.480 e. The van der Waals surface area contributed by atoms with Crippen LogP contribution in [0.3, 0.4) is 0 Å². The van der Waals surface area contributed by atoms with Crippen LogP contribution >= 0.6 is 0 Å². The second-order valence-electron chi connectivity index (χ2n) is 5.92. The molecule has 2 saturated heterocycles. The summed E-state index contributed by atoms with van der Waals surface area (Å²) in [6.07, 6.45) is 1.61. The van der Waals surface area contributed by atoms with Crippen LogP contribution in [0.1, 0.15) is 26.2 Å². The average Bonchev–Trinajstić information content (AvgIpc) is 2.72. The van der Waals surface area contributed by atoms with E-state index in [0.717, 1.165) is 11.3 Å². The molecule has 0 radical (unpaired) electrons. The van der Waals surface area contributed by atoms with E-state index in [1.807, 2.05) is 11.8 Å². The number of amides is 4. The van der Waals surface area contributed by atoms with Gasteiger partial charge in [0.05, 0.1) is 6.54 Å². The van der Waals surface area contributed by atoms with Crippen LogP contribution in [0.2, 0.25) is 0 Å². The van der Waals surface area contributed by atoms with Crippen molar-refractivity contribution in [2.45, 2.75) is 31.7 Å². The first-order valence-electron chi connectivity index (χ1n) is 7.73. The smallest absolute Gasteiger partial charge is 0.325 e. The molecule has 0 atom stereocenters. The molecule has 3 N–H and O–H groups in total. The van der Waals surface area contributed by atoms with E-state index in [9.17, 15) is 19.2 Å². The van der Waals surface area contributed by atoms with Gasteiger partial charge in [-0.1, -0.05) is 6.92 Å². The molecular weight excluding hydrogens is 304 g/mol. The van der Waals surface area contributed by atoms with Gasteiger partial charge in [-0.2, -0.15) is 0 Å². The number of nitrogens with one attached hydrogen (secondary N) is 2. The normalized spacial score (nSPS) is 20.7. The molecule has 2 fully saturated rings. The van der Waals surface area contributed by atoms with E-state index in [4.69, 9.17) is 5.11 Å². The number of carboxylic acids is 1. The Morgan fingerprint density at radius 2 is 1.91 bits per heavy atom. The number of carboxylic acid groups (broad SMARTS) is 1. The lowest BCUT2D eigenvalue weighted by Crippen LogP contribution is -2.56. The molecule has 9 heteroatoms. The Kier molecular flexibility index (Phi) is 5.19. The van der Waals surface area contributed by atoms with E-state index in [-0.39, 0.29) is 12.5 Å². The van der Waals surface area contributed by atoms with Gasteiger partial charge < -0.3 is 15.7 Å². The standard InChI is InChI=1S/C14H22N4O5/c1-2-5-15-10(19)8-17-6-3-14(4-7-17)12(22)18(9-11(20)21)13(23)16-14/h2-9H2,1H3,(H,15,19)(H,16,23)(H,20,21). The SMILES string of the molecule is CCCNC(=O)CN1CCC2(CC1)NC(=O)N(CC(=O)O)C2=O. The maximum absolute atomic E-state index is 12.4. The zero-order valence-corrected chi connectivity index (χ0v) is 13.1. The summed E-state index contributed by atoms with van der Waals surface area (Å²) in [5, 5.41) is 14.2. The molecule has 0 unspecified atom stereocenters. The molecule has 23 heavy (non-hydrogen) atoms. The van der Waals surface area contributed by atoms with E-state index in [1.165, 1.54) is 0 Å². The van der Waals surface area contributed by atoms with Crippen molar-refractivity contribution in [1.82, 2.24) is 20.4 Å². The molecule has 2 aliphatic heterocycles. The summed E-state index contributed by atoms with van der Waals surface area (Å²) in [7, 11) is 0. The number of nitrogens with zero attached hydrogens (tertiary/aromatic N) is 2. The predicted octanol–water partition coefficient (Wildman–Crippen LogP) is -1.02.